The summed E-state index contributed by atoms with van der Waals surface area (Å²) in [7, 11) is 0. The minimum absolute atomic E-state index is 0.0796. The molecule has 0 radical (unpaired) electrons. The summed E-state index contributed by atoms with van der Waals surface area (Å²) >= 11 is 0. The van der Waals surface area contributed by atoms with E-state index < -0.39 is 12.0 Å². The highest BCUT2D eigenvalue weighted by Gasteiger charge is 2.37. The minimum atomic E-state index is -0.969. The van der Waals surface area contributed by atoms with E-state index in [0.717, 1.165) is 25.7 Å². The number of aliphatic carboxylic acids is 1. The summed E-state index contributed by atoms with van der Waals surface area (Å²) in [5, 5.41) is 15.4. The topological polar surface area (TPSA) is 105 Å². The van der Waals surface area contributed by atoms with Crippen LogP contribution in [0.4, 0.5) is 0 Å². The Morgan fingerprint density at radius 1 is 1.45 bits per heavy atom. The molecule has 1 saturated carbocycles. The van der Waals surface area contributed by atoms with Gasteiger partial charge in [-0.25, -0.2) is 4.79 Å². The molecular formula is C13H19N3O4. The second-order valence-corrected chi connectivity index (χ2v) is 5.08. The third kappa shape index (κ3) is 4.04. The van der Waals surface area contributed by atoms with Crippen LogP contribution >= 0.6 is 0 Å². The summed E-state index contributed by atoms with van der Waals surface area (Å²) in [5.41, 5.74) is 0. The number of rotatable bonds is 8. The van der Waals surface area contributed by atoms with Gasteiger partial charge in [0.05, 0.1) is 0 Å². The van der Waals surface area contributed by atoms with Crippen LogP contribution in [0.1, 0.15) is 44.3 Å². The van der Waals surface area contributed by atoms with Crippen LogP contribution in [0.3, 0.4) is 0 Å². The highest BCUT2D eigenvalue weighted by atomic mass is 16.5. The molecule has 20 heavy (non-hydrogen) atoms. The highest BCUT2D eigenvalue weighted by Crippen LogP contribution is 2.32. The van der Waals surface area contributed by atoms with Gasteiger partial charge in [-0.3, -0.25) is 4.79 Å². The first-order valence-electron chi connectivity index (χ1n) is 6.93. The molecule has 0 saturated heterocycles. The molecule has 0 spiro atoms. The third-order valence-electron chi connectivity index (χ3n) is 3.23. The Morgan fingerprint density at radius 3 is 2.80 bits per heavy atom. The van der Waals surface area contributed by atoms with Gasteiger partial charge in [0.25, 0.3) is 0 Å². The first-order valence-corrected chi connectivity index (χ1v) is 6.93. The summed E-state index contributed by atoms with van der Waals surface area (Å²) in [6, 6.07) is -0.763. The van der Waals surface area contributed by atoms with Gasteiger partial charge in [-0.2, -0.15) is 4.98 Å². The number of hydrogen-bond donors (Lipinski definition) is 2. The number of hydrogen-bond acceptors (Lipinski definition) is 5. The first kappa shape index (κ1) is 14.5. The van der Waals surface area contributed by atoms with Crippen molar-refractivity contribution in [2.45, 2.75) is 51.5 Å². The van der Waals surface area contributed by atoms with Gasteiger partial charge >= 0.3 is 5.97 Å². The van der Waals surface area contributed by atoms with Crippen molar-refractivity contribution < 1.29 is 19.2 Å². The van der Waals surface area contributed by atoms with Gasteiger partial charge in [-0.15, -0.1) is 0 Å². The number of amides is 1. The standard InChI is InChI=1S/C13H19N3O4/c1-2-3-9-14-11(20-16-9)7-6-10(17)15-12(13(18)19)8-4-5-8/h8,12H,2-7H2,1H3,(H,15,17)(H,18,19). The Kier molecular flexibility index (Phi) is 4.70. The average Bonchev–Trinajstić information content (AvgIpc) is 3.14. The van der Waals surface area contributed by atoms with Crippen molar-refractivity contribution in [3.05, 3.63) is 11.7 Å². The molecule has 0 bridgehead atoms. The number of carboxylic acid groups (broad SMARTS) is 1. The molecule has 2 N–H and O–H groups in total. The molecular weight excluding hydrogens is 262 g/mol. The molecule has 1 amide bonds. The van der Waals surface area contributed by atoms with E-state index in [2.05, 4.69) is 15.5 Å². The molecule has 0 aromatic carbocycles. The summed E-state index contributed by atoms with van der Waals surface area (Å²) in [6.45, 7) is 2.02. The monoisotopic (exact) mass is 281 g/mol. The van der Waals surface area contributed by atoms with Gasteiger partial charge in [-0.05, 0) is 25.2 Å². The Hall–Kier alpha value is -1.92. The fraction of sp³-hybridized carbons (Fsp3) is 0.692. The molecule has 1 fully saturated rings. The lowest BCUT2D eigenvalue weighted by molar-refractivity contribution is -0.142. The maximum Gasteiger partial charge on any atom is 0.326 e. The number of carbonyl (C=O) groups excluding carboxylic acids is 1. The molecule has 1 aromatic heterocycles. The second-order valence-electron chi connectivity index (χ2n) is 5.08. The Morgan fingerprint density at radius 2 is 2.20 bits per heavy atom. The summed E-state index contributed by atoms with van der Waals surface area (Å²) in [6.07, 6.45) is 3.89. The normalized spacial score (nSPS) is 15.8. The lowest BCUT2D eigenvalue weighted by atomic mass is 10.1. The molecule has 7 heteroatoms. The number of nitrogens with zero attached hydrogens (tertiary/aromatic N) is 2. The van der Waals surface area contributed by atoms with Crippen molar-refractivity contribution in [3.63, 3.8) is 0 Å². The summed E-state index contributed by atoms with van der Waals surface area (Å²) in [4.78, 5) is 26.9. The van der Waals surface area contributed by atoms with Crippen LogP contribution in [0.2, 0.25) is 0 Å². The molecule has 110 valence electrons. The molecule has 2 rings (SSSR count). The fourth-order valence-corrected chi connectivity index (χ4v) is 1.99. The van der Waals surface area contributed by atoms with Crippen LogP contribution in [0.25, 0.3) is 0 Å². The Bertz CT molecular complexity index is 482. The van der Waals surface area contributed by atoms with Gasteiger partial charge in [0.2, 0.25) is 11.8 Å². The zero-order chi connectivity index (χ0) is 14.5. The van der Waals surface area contributed by atoms with Gasteiger partial charge in [-0.1, -0.05) is 12.1 Å². The van der Waals surface area contributed by atoms with Crippen LogP contribution in [0.5, 0.6) is 0 Å². The predicted molar refractivity (Wildman–Crippen MR) is 68.9 cm³/mol. The average molecular weight is 281 g/mol. The van der Waals surface area contributed by atoms with E-state index in [1.807, 2.05) is 6.92 Å². The molecule has 1 aromatic rings. The largest absolute Gasteiger partial charge is 0.480 e. The fourth-order valence-electron chi connectivity index (χ4n) is 1.99. The van der Waals surface area contributed by atoms with Crippen molar-refractivity contribution in [3.8, 4) is 0 Å². The molecule has 1 aliphatic carbocycles. The van der Waals surface area contributed by atoms with Gasteiger partial charge in [0, 0.05) is 19.3 Å². The van der Waals surface area contributed by atoms with Gasteiger partial charge in [0.1, 0.15) is 6.04 Å². The Balaban J connectivity index is 1.77. The lowest BCUT2D eigenvalue weighted by Crippen LogP contribution is -2.42. The zero-order valence-corrected chi connectivity index (χ0v) is 11.5. The van der Waals surface area contributed by atoms with E-state index in [1.54, 1.807) is 0 Å². The number of aryl methyl sites for hydroxylation is 2. The number of aromatic nitrogens is 2. The smallest absolute Gasteiger partial charge is 0.326 e. The number of carbonyl (C=O) groups is 2. The minimum Gasteiger partial charge on any atom is -0.480 e. The van der Waals surface area contributed by atoms with Crippen LogP contribution < -0.4 is 5.32 Å². The van der Waals surface area contributed by atoms with Crippen LogP contribution in [-0.2, 0) is 22.4 Å². The molecule has 1 atom stereocenters. The summed E-state index contributed by atoms with van der Waals surface area (Å²) in [5.74, 6) is -0.120. The van der Waals surface area contributed by atoms with Crippen molar-refractivity contribution in [2.75, 3.05) is 0 Å². The molecule has 1 aliphatic rings. The number of nitrogens with one attached hydrogen (secondary N) is 1. The highest BCUT2D eigenvalue weighted by molar-refractivity contribution is 5.84. The summed E-state index contributed by atoms with van der Waals surface area (Å²) < 4.78 is 5.02. The molecule has 7 nitrogen and oxygen atoms in total. The zero-order valence-electron chi connectivity index (χ0n) is 11.5. The quantitative estimate of drug-likeness (QED) is 0.734. The van der Waals surface area contributed by atoms with Crippen molar-refractivity contribution in [1.29, 1.82) is 0 Å². The SMILES string of the molecule is CCCc1noc(CCC(=O)NC(C(=O)O)C2CC2)n1. The van der Waals surface area contributed by atoms with Crippen molar-refractivity contribution in [2.24, 2.45) is 5.92 Å². The van der Waals surface area contributed by atoms with Crippen molar-refractivity contribution >= 4 is 11.9 Å². The van der Waals surface area contributed by atoms with E-state index in [-0.39, 0.29) is 18.2 Å². The Labute approximate surface area is 116 Å². The van der Waals surface area contributed by atoms with E-state index >= 15 is 0 Å². The molecule has 1 unspecified atom stereocenters. The van der Waals surface area contributed by atoms with Gasteiger partial charge in [0.15, 0.2) is 5.82 Å². The van der Waals surface area contributed by atoms with Crippen LogP contribution in [0.15, 0.2) is 4.52 Å². The van der Waals surface area contributed by atoms with E-state index in [0.29, 0.717) is 18.1 Å². The van der Waals surface area contributed by atoms with E-state index in [1.165, 1.54) is 0 Å². The molecule has 0 aliphatic heterocycles. The predicted octanol–water partition coefficient (Wildman–Crippen LogP) is 0.934. The lowest BCUT2D eigenvalue weighted by Gasteiger charge is -2.12. The van der Waals surface area contributed by atoms with E-state index in [4.69, 9.17) is 9.63 Å². The van der Waals surface area contributed by atoms with Crippen LogP contribution in [0, 0.1) is 5.92 Å². The maximum absolute atomic E-state index is 11.7. The number of carboxylic acids is 1. The third-order valence-corrected chi connectivity index (χ3v) is 3.23. The van der Waals surface area contributed by atoms with E-state index in [9.17, 15) is 9.59 Å². The van der Waals surface area contributed by atoms with Gasteiger partial charge < -0.3 is 14.9 Å². The first-order chi connectivity index (χ1) is 9.60. The second kappa shape index (κ2) is 6.49. The van der Waals surface area contributed by atoms with Crippen LogP contribution in [-0.4, -0.2) is 33.2 Å². The maximum atomic E-state index is 11.7. The molecule has 1 heterocycles. The van der Waals surface area contributed by atoms with Crippen molar-refractivity contribution in [1.82, 2.24) is 15.5 Å².